The van der Waals surface area contributed by atoms with Crippen LogP contribution in [0.3, 0.4) is 0 Å². The Hall–Kier alpha value is -3.59. The maximum Gasteiger partial charge on any atom is 0.279 e. The molecule has 0 aliphatic carbocycles. The quantitative estimate of drug-likeness (QED) is 0.492. The first kappa shape index (κ1) is 21.6. The maximum atomic E-state index is 13.3. The van der Waals surface area contributed by atoms with Gasteiger partial charge < -0.3 is 9.88 Å². The summed E-state index contributed by atoms with van der Waals surface area (Å²) in [5.41, 5.74) is 1.54. The number of nitrogens with one attached hydrogen (secondary N) is 1. The largest absolute Gasteiger partial charge is 0.326 e. The predicted molar refractivity (Wildman–Crippen MR) is 117 cm³/mol. The number of halogens is 3. The van der Waals surface area contributed by atoms with Crippen LogP contribution in [-0.2, 0) is 18.3 Å². The number of benzene rings is 2. The van der Waals surface area contributed by atoms with Crippen LogP contribution in [0.25, 0.3) is 17.2 Å². The molecule has 7 nitrogen and oxygen atoms in total. The van der Waals surface area contributed by atoms with Crippen molar-refractivity contribution in [1.29, 1.82) is 0 Å². The Kier molecular flexibility index (Phi) is 5.75. The summed E-state index contributed by atoms with van der Waals surface area (Å²) in [4.78, 5) is 29.8. The van der Waals surface area contributed by atoms with E-state index in [9.17, 15) is 18.4 Å². The van der Waals surface area contributed by atoms with Crippen molar-refractivity contribution < 1.29 is 13.6 Å². The van der Waals surface area contributed by atoms with E-state index in [0.29, 0.717) is 33.4 Å². The topological polar surface area (TPSA) is 81.3 Å². The van der Waals surface area contributed by atoms with Crippen molar-refractivity contribution in [1.82, 2.24) is 19.2 Å². The van der Waals surface area contributed by atoms with Crippen molar-refractivity contribution in [2.24, 2.45) is 7.05 Å². The number of aromatic nitrogens is 4. The van der Waals surface area contributed by atoms with Gasteiger partial charge in [-0.3, -0.25) is 9.59 Å². The van der Waals surface area contributed by atoms with Crippen molar-refractivity contribution >= 4 is 29.0 Å². The van der Waals surface area contributed by atoms with E-state index in [1.54, 1.807) is 42.8 Å². The Morgan fingerprint density at radius 1 is 1.12 bits per heavy atom. The highest BCUT2D eigenvalue weighted by molar-refractivity contribution is 6.30. The van der Waals surface area contributed by atoms with Gasteiger partial charge in [0.15, 0.2) is 17.5 Å². The first-order chi connectivity index (χ1) is 15.2. The minimum Gasteiger partial charge on any atom is -0.326 e. The summed E-state index contributed by atoms with van der Waals surface area (Å²) in [5, 5.41) is 7.42. The molecule has 0 spiro atoms. The van der Waals surface area contributed by atoms with Crippen LogP contribution in [0.15, 0.2) is 47.3 Å². The highest BCUT2D eigenvalue weighted by Crippen LogP contribution is 2.20. The summed E-state index contributed by atoms with van der Waals surface area (Å²) < 4.78 is 29.3. The third kappa shape index (κ3) is 4.11. The predicted octanol–water partition coefficient (Wildman–Crippen LogP) is 3.91. The Labute approximate surface area is 186 Å². The van der Waals surface area contributed by atoms with Crippen LogP contribution in [0.5, 0.6) is 0 Å². The lowest BCUT2D eigenvalue weighted by atomic mass is 10.1. The molecular formula is C22H18ClF2N5O2. The molecule has 2 aromatic carbocycles. The fourth-order valence-electron chi connectivity index (χ4n) is 3.34. The summed E-state index contributed by atoms with van der Waals surface area (Å²) in [6, 6.07) is 10.0. The number of fused-ring (bicyclic) bond motifs is 1. The lowest BCUT2D eigenvalue weighted by Crippen LogP contribution is -2.26. The normalized spacial score (nSPS) is 11.2. The number of hydrogen-bond donors (Lipinski definition) is 1. The molecule has 0 saturated heterocycles. The molecule has 10 heteroatoms. The Morgan fingerprint density at radius 3 is 2.53 bits per heavy atom. The monoisotopic (exact) mass is 457 g/mol. The number of carbonyl (C=O) groups excluding carboxylic acids is 1. The van der Waals surface area contributed by atoms with E-state index >= 15 is 0 Å². The molecule has 4 rings (SSSR count). The molecule has 0 bridgehead atoms. The minimum atomic E-state index is -1.05. The van der Waals surface area contributed by atoms with Crippen LogP contribution < -0.4 is 10.9 Å². The zero-order valence-electron chi connectivity index (χ0n) is 17.2. The van der Waals surface area contributed by atoms with Gasteiger partial charge in [-0.05, 0) is 49.7 Å². The van der Waals surface area contributed by atoms with Crippen molar-refractivity contribution in [2.45, 2.75) is 19.8 Å². The smallest absolute Gasteiger partial charge is 0.279 e. The lowest BCUT2D eigenvalue weighted by Gasteiger charge is -2.11. The molecule has 164 valence electrons. The van der Waals surface area contributed by atoms with Crippen molar-refractivity contribution in [3.63, 3.8) is 0 Å². The van der Waals surface area contributed by atoms with Crippen LogP contribution in [0, 0.1) is 18.6 Å². The number of amides is 1. The SMILES string of the molecule is Cc1c(CCC(=O)Nc2ccc(F)c(F)c2)c(=O)n2nc(-c3ccc(Cl)cc3)nc2n1C. The molecular weight excluding hydrogens is 440 g/mol. The van der Waals surface area contributed by atoms with Gasteiger partial charge in [0.25, 0.3) is 5.56 Å². The third-order valence-corrected chi connectivity index (χ3v) is 5.44. The summed E-state index contributed by atoms with van der Waals surface area (Å²) >= 11 is 5.93. The summed E-state index contributed by atoms with van der Waals surface area (Å²) in [7, 11) is 1.76. The molecule has 4 aromatic rings. The van der Waals surface area contributed by atoms with Crippen LogP contribution >= 0.6 is 11.6 Å². The van der Waals surface area contributed by atoms with Crippen molar-refractivity contribution in [3.8, 4) is 11.4 Å². The zero-order chi connectivity index (χ0) is 23.0. The maximum absolute atomic E-state index is 13.3. The second-order valence-electron chi connectivity index (χ2n) is 7.26. The first-order valence-electron chi connectivity index (χ1n) is 9.70. The molecule has 2 heterocycles. The molecule has 0 fully saturated rings. The van der Waals surface area contributed by atoms with Crippen LogP contribution in [0.2, 0.25) is 5.02 Å². The fourth-order valence-corrected chi connectivity index (χ4v) is 3.46. The summed E-state index contributed by atoms with van der Waals surface area (Å²) in [5.74, 6) is -1.74. The summed E-state index contributed by atoms with van der Waals surface area (Å²) in [6.45, 7) is 1.76. The van der Waals surface area contributed by atoms with E-state index in [1.165, 1.54) is 10.6 Å². The Balaban J connectivity index is 1.59. The molecule has 1 amide bonds. The number of aryl methyl sites for hydroxylation is 1. The van der Waals surface area contributed by atoms with Gasteiger partial charge in [-0.25, -0.2) is 8.78 Å². The Morgan fingerprint density at radius 2 is 1.84 bits per heavy atom. The molecule has 0 radical (unpaired) electrons. The number of anilines is 1. The Bertz CT molecular complexity index is 1400. The molecule has 0 aliphatic rings. The molecule has 0 aliphatic heterocycles. The highest BCUT2D eigenvalue weighted by atomic mass is 35.5. The van der Waals surface area contributed by atoms with E-state index in [-0.39, 0.29) is 24.1 Å². The average molecular weight is 458 g/mol. The second-order valence-corrected chi connectivity index (χ2v) is 7.70. The number of hydrogen-bond acceptors (Lipinski definition) is 4. The van der Waals surface area contributed by atoms with Crippen molar-refractivity contribution in [2.75, 3.05) is 5.32 Å². The van der Waals surface area contributed by atoms with Gasteiger partial charge in [-0.1, -0.05) is 11.6 Å². The lowest BCUT2D eigenvalue weighted by molar-refractivity contribution is -0.116. The number of rotatable bonds is 5. The van der Waals surface area contributed by atoms with E-state index in [2.05, 4.69) is 15.4 Å². The van der Waals surface area contributed by atoms with Gasteiger partial charge in [0.2, 0.25) is 11.7 Å². The van der Waals surface area contributed by atoms with Crippen LogP contribution in [-0.4, -0.2) is 25.1 Å². The van der Waals surface area contributed by atoms with Gasteiger partial charge >= 0.3 is 0 Å². The van der Waals surface area contributed by atoms with Gasteiger partial charge in [0.1, 0.15) is 0 Å². The fraction of sp³-hybridized carbons (Fsp3) is 0.182. The number of nitrogens with zero attached hydrogens (tertiary/aromatic N) is 4. The van der Waals surface area contributed by atoms with E-state index in [0.717, 1.165) is 12.1 Å². The van der Waals surface area contributed by atoms with Gasteiger partial charge in [0.05, 0.1) is 0 Å². The average Bonchev–Trinajstić information content (AvgIpc) is 3.21. The molecule has 0 atom stereocenters. The highest BCUT2D eigenvalue weighted by Gasteiger charge is 2.18. The van der Waals surface area contributed by atoms with Crippen molar-refractivity contribution in [3.05, 3.63) is 80.7 Å². The standard InChI is InChI=1S/C22H18ClF2N5O2/c1-12-16(8-10-19(31)26-15-7-9-17(24)18(25)11-15)21(32)30-22(29(12)2)27-20(28-30)13-3-5-14(23)6-4-13/h3-7,9,11H,8,10H2,1-2H3,(H,26,31). The third-order valence-electron chi connectivity index (χ3n) is 5.19. The van der Waals surface area contributed by atoms with E-state index in [4.69, 9.17) is 11.6 Å². The minimum absolute atomic E-state index is 0.0285. The van der Waals surface area contributed by atoms with Gasteiger partial charge in [0, 0.05) is 47.1 Å². The van der Waals surface area contributed by atoms with Crippen LogP contribution in [0.1, 0.15) is 17.7 Å². The van der Waals surface area contributed by atoms with E-state index in [1.807, 2.05) is 0 Å². The van der Waals surface area contributed by atoms with Gasteiger partial charge in [-0.15, -0.1) is 5.10 Å². The molecule has 1 N–H and O–H groups in total. The molecule has 0 saturated carbocycles. The number of carbonyl (C=O) groups is 1. The molecule has 32 heavy (non-hydrogen) atoms. The molecule has 2 aromatic heterocycles. The molecule has 0 unspecified atom stereocenters. The van der Waals surface area contributed by atoms with E-state index < -0.39 is 17.5 Å². The van der Waals surface area contributed by atoms with Crippen LogP contribution in [0.4, 0.5) is 14.5 Å². The zero-order valence-corrected chi connectivity index (χ0v) is 18.0. The first-order valence-corrected chi connectivity index (χ1v) is 10.1. The second kappa shape index (κ2) is 8.51. The van der Waals surface area contributed by atoms with Gasteiger partial charge in [-0.2, -0.15) is 9.50 Å². The summed E-state index contributed by atoms with van der Waals surface area (Å²) in [6.07, 6.45) is 0.111.